The van der Waals surface area contributed by atoms with Crippen LogP contribution in [0.2, 0.25) is 0 Å². The lowest BCUT2D eigenvalue weighted by atomic mass is 10.1. The van der Waals surface area contributed by atoms with Crippen molar-refractivity contribution in [1.29, 1.82) is 5.41 Å². The van der Waals surface area contributed by atoms with Crippen molar-refractivity contribution >= 4 is 21.8 Å². The fraction of sp³-hybridized carbons (Fsp3) is 0.188. The molecule has 3 N–H and O–H groups in total. The molecule has 7 nitrogen and oxygen atoms in total. The second-order valence-electron chi connectivity index (χ2n) is 5.43. The molecule has 0 saturated heterocycles. The molecule has 0 spiro atoms. The van der Waals surface area contributed by atoms with Gasteiger partial charge in [-0.3, -0.25) is 5.41 Å². The van der Waals surface area contributed by atoms with E-state index in [-0.39, 0.29) is 10.9 Å². The van der Waals surface area contributed by atoms with Gasteiger partial charge >= 0.3 is 10.1 Å². The molecule has 0 aliphatic carbocycles. The van der Waals surface area contributed by atoms with Gasteiger partial charge in [0.25, 0.3) is 0 Å². The summed E-state index contributed by atoms with van der Waals surface area (Å²) < 4.78 is 34.1. The normalized spacial score (nSPS) is 13.4. The van der Waals surface area contributed by atoms with Crippen LogP contribution in [0.3, 0.4) is 0 Å². The predicted molar refractivity (Wildman–Crippen MR) is 88.9 cm³/mol. The molecule has 0 aromatic heterocycles. The molecule has 24 heavy (non-hydrogen) atoms. The van der Waals surface area contributed by atoms with E-state index in [4.69, 9.17) is 14.4 Å². The standard InChI is InChI=1S/C16H17N3O4S/c1-11-2-6-15(7-3-11)24(20,21)23-19-16(17)18-14-5-4-12-9-22-10-13(12)8-14/h2-8H,9-10H2,1H3,(H3,17,18,19). The predicted octanol–water partition coefficient (Wildman–Crippen LogP) is 2.28. The summed E-state index contributed by atoms with van der Waals surface area (Å²) in [6.45, 7) is 2.98. The van der Waals surface area contributed by atoms with Gasteiger partial charge in [-0.2, -0.15) is 8.42 Å². The van der Waals surface area contributed by atoms with Gasteiger partial charge in [0, 0.05) is 5.69 Å². The zero-order valence-electron chi connectivity index (χ0n) is 13.0. The van der Waals surface area contributed by atoms with Gasteiger partial charge in [-0.1, -0.05) is 23.8 Å². The van der Waals surface area contributed by atoms with E-state index in [9.17, 15) is 8.42 Å². The zero-order valence-corrected chi connectivity index (χ0v) is 13.8. The summed E-state index contributed by atoms with van der Waals surface area (Å²) in [7, 11) is -3.99. The first-order valence-electron chi connectivity index (χ1n) is 7.25. The lowest BCUT2D eigenvalue weighted by Gasteiger charge is -2.11. The molecular weight excluding hydrogens is 330 g/mol. The number of benzene rings is 2. The molecule has 3 rings (SSSR count). The van der Waals surface area contributed by atoms with Crippen LogP contribution in [0.15, 0.2) is 47.4 Å². The summed E-state index contributed by atoms with van der Waals surface area (Å²) in [5, 5.41) is 10.5. The van der Waals surface area contributed by atoms with Crippen molar-refractivity contribution in [3.05, 3.63) is 59.2 Å². The second-order valence-corrected chi connectivity index (χ2v) is 6.98. The minimum Gasteiger partial charge on any atom is -0.372 e. The van der Waals surface area contributed by atoms with Crippen LogP contribution >= 0.6 is 0 Å². The van der Waals surface area contributed by atoms with E-state index in [2.05, 4.69) is 10.8 Å². The Bertz CT molecular complexity index is 863. The van der Waals surface area contributed by atoms with Crippen molar-refractivity contribution in [1.82, 2.24) is 5.48 Å². The van der Waals surface area contributed by atoms with E-state index in [0.717, 1.165) is 16.7 Å². The zero-order chi connectivity index (χ0) is 17.2. The van der Waals surface area contributed by atoms with Crippen LogP contribution in [-0.2, 0) is 32.4 Å². The summed E-state index contributed by atoms with van der Waals surface area (Å²) >= 11 is 0. The van der Waals surface area contributed by atoms with Crippen molar-refractivity contribution in [2.24, 2.45) is 0 Å². The van der Waals surface area contributed by atoms with Crippen molar-refractivity contribution in [2.75, 3.05) is 5.32 Å². The lowest BCUT2D eigenvalue weighted by Crippen LogP contribution is -2.32. The number of guanidine groups is 1. The van der Waals surface area contributed by atoms with Crippen LogP contribution in [0.5, 0.6) is 0 Å². The monoisotopic (exact) mass is 347 g/mol. The first-order chi connectivity index (χ1) is 11.4. The van der Waals surface area contributed by atoms with Crippen LogP contribution in [0.25, 0.3) is 0 Å². The number of fused-ring (bicyclic) bond motifs is 1. The maximum atomic E-state index is 12.0. The number of hydrogen-bond acceptors (Lipinski definition) is 5. The SMILES string of the molecule is Cc1ccc(S(=O)(=O)ONC(=N)Nc2ccc3c(c2)COC3)cc1. The quantitative estimate of drug-likeness (QED) is 0.446. The Morgan fingerprint density at radius 1 is 1.12 bits per heavy atom. The third-order valence-electron chi connectivity index (χ3n) is 3.55. The lowest BCUT2D eigenvalue weighted by molar-refractivity contribution is 0.134. The molecule has 2 aromatic rings. The average molecular weight is 347 g/mol. The van der Waals surface area contributed by atoms with Crippen LogP contribution < -0.4 is 10.8 Å². The number of rotatable bonds is 4. The number of hydrogen-bond donors (Lipinski definition) is 3. The van der Waals surface area contributed by atoms with Gasteiger partial charge in [-0.15, -0.1) is 4.28 Å². The smallest absolute Gasteiger partial charge is 0.317 e. The van der Waals surface area contributed by atoms with Crippen molar-refractivity contribution < 1.29 is 17.4 Å². The van der Waals surface area contributed by atoms with Crippen LogP contribution in [0.1, 0.15) is 16.7 Å². The molecule has 2 aromatic carbocycles. The fourth-order valence-corrected chi connectivity index (χ4v) is 3.03. The number of aryl methyl sites for hydroxylation is 1. The van der Waals surface area contributed by atoms with E-state index in [1.165, 1.54) is 12.1 Å². The van der Waals surface area contributed by atoms with Crippen LogP contribution in [0, 0.1) is 12.3 Å². The van der Waals surface area contributed by atoms with Crippen molar-refractivity contribution in [3.63, 3.8) is 0 Å². The third kappa shape index (κ3) is 3.73. The van der Waals surface area contributed by atoms with Crippen LogP contribution in [-0.4, -0.2) is 14.4 Å². The van der Waals surface area contributed by atoms with E-state index in [1.807, 2.05) is 19.1 Å². The Morgan fingerprint density at radius 3 is 2.58 bits per heavy atom. The molecule has 0 unspecified atom stereocenters. The van der Waals surface area contributed by atoms with Gasteiger partial charge < -0.3 is 10.1 Å². The second kappa shape index (κ2) is 6.60. The molecule has 0 atom stereocenters. The molecule has 1 aliphatic heterocycles. The minimum atomic E-state index is -3.99. The van der Waals surface area contributed by atoms with Gasteiger partial charge in [0.05, 0.1) is 18.1 Å². The molecule has 0 bridgehead atoms. The molecule has 1 heterocycles. The van der Waals surface area contributed by atoms with Gasteiger partial charge in [0.1, 0.15) is 0 Å². The number of anilines is 1. The molecule has 0 radical (unpaired) electrons. The van der Waals surface area contributed by atoms with E-state index in [1.54, 1.807) is 18.2 Å². The molecular formula is C16H17N3O4S. The highest BCUT2D eigenvalue weighted by Gasteiger charge is 2.16. The molecule has 1 aliphatic rings. The summed E-state index contributed by atoms with van der Waals surface area (Å²) in [6, 6.07) is 11.8. The Balaban J connectivity index is 1.60. The highest BCUT2D eigenvalue weighted by molar-refractivity contribution is 7.86. The highest BCUT2D eigenvalue weighted by Crippen LogP contribution is 2.23. The number of nitrogens with one attached hydrogen (secondary N) is 3. The molecule has 0 amide bonds. The Labute approximate surface area is 140 Å². The first-order valence-corrected chi connectivity index (χ1v) is 8.66. The number of hydroxylamine groups is 1. The molecule has 0 fully saturated rings. The highest BCUT2D eigenvalue weighted by atomic mass is 32.2. The largest absolute Gasteiger partial charge is 0.372 e. The topological polar surface area (TPSA) is 101 Å². The summed E-state index contributed by atoms with van der Waals surface area (Å²) in [5.74, 6) is -0.287. The maximum absolute atomic E-state index is 12.0. The fourth-order valence-electron chi connectivity index (χ4n) is 2.27. The maximum Gasteiger partial charge on any atom is 0.317 e. The van der Waals surface area contributed by atoms with E-state index < -0.39 is 10.1 Å². The first kappa shape index (κ1) is 16.4. The summed E-state index contributed by atoms with van der Waals surface area (Å²) in [4.78, 5) is 0.0167. The molecule has 8 heteroatoms. The Morgan fingerprint density at radius 2 is 1.83 bits per heavy atom. The third-order valence-corrected chi connectivity index (χ3v) is 4.71. The Kier molecular flexibility index (Phi) is 4.52. The van der Waals surface area contributed by atoms with E-state index in [0.29, 0.717) is 18.9 Å². The molecule has 126 valence electrons. The van der Waals surface area contributed by atoms with Crippen molar-refractivity contribution in [3.8, 4) is 0 Å². The molecule has 0 saturated carbocycles. The van der Waals surface area contributed by atoms with Gasteiger partial charge in [0.2, 0.25) is 5.96 Å². The Hall–Kier alpha value is -2.42. The number of ether oxygens (including phenoxy) is 1. The summed E-state index contributed by atoms with van der Waals surface area (Å²) in [5.41, 5.74) is 5.85. The average Bonchev–Trinajstić information content (AvgIpc) is 3.01. The van der Waals surface area contributed by atoms with Gasteiger partial charge in [0.15, 0.2) is 0 Å². The van der Waals surface area contributed by atoms with Gasteiger partial charge in [-0.05, 0) is 42.3 Å². The minimum absolute atomic E-state index is 0.0167. The van der Waals surface area contributed by atoms with Gasteiger partial charge in [-0.25, -0.2) is 5.48 Å². The summed E-state index contributed by atoms with van der Waals surface area (Å²) in [6.07, 6.45) is 0. The van der Waals surface area contributed by atoms with Crippen LogP contribution in [0.4, 0.5) is 5.69 Å². The van der Waals surface area contributed by atoms with Crippen molar-refractivity contribution in [2.45, 2.75) is 25.0 Å². The van der Waals surface area contributed by atoms with E-state index >= 15 is 0 Å².